The van der Waals surface area contributed by atoms with E-state index >= 15 is 0 Å². The molecule has 0 saturated carbocycles. The van der Waals surface area contributed by atoms with Crippen LogP contribution in [0.3, 0.4) is 0 Å². The predicted molar refractivity (Wildman–Crippen MR) is 106 cm³/mol. The van der Waals surface area contributed by atoms with Gasteiger partial charge in [-0.3, -0.25) is 4.90 Å². The van der Waals surface area contributed by atoms with Gasteiger partial charge in [0.05, 0.1) is 18.8 Å². The first-order chi connectivity index (χ1) is 12.5. The Labute approximate surface area is 157 Å². The lowest BCUT2D eigenvalue weighted by Crippen LogP contribution is -2.47. The maximum Gasteiger partial charge on any atom is 0.0999 e. The summed E-state index contributed by atoms with van der Waals surface area (Å²) >= 11 is 0. The van der Waals surface area contributed by atoms with Gasteiger partial charge in [0.2, 0.25) is 0 Å². The second-order valence-corrected chi connectivity index (χ2v) is 7.72. The fourth-order valence-corrected chi connectivity index (χ4v) is 3.98. The summed E-state index contributed by atoms with van der Waals surface area (Å²) in [7, 11) is 0. The number of nitrogens with zero attached hydrogens (tertiary/aromatic N) is 1. The summed E-state index contributed by atoms with van der Waals surface area (Å²) in [6.07, 6.45) is 0. The molecule has 1 fully saturated rings. The third-order valence-corrected chi connectivity index (χ3v) is 5.67. The number of morpholine rings is 1. The molecule has 1 heterocycles. The highest BCUT2D eigenvalue weighted by molar-refractivity contribution is 5.34. The Morgan fingerprint density at radius 2 is 1.62 bits per heavy atom. The van der Waals surface area contributed by atoms with E-state index in [0.717, 1.165) is 38.4 Å². The first-order valence-electron chi connectivity index (χ1n) is 9.66. The molecule has 0 spiro atoms. The van der Waals surface area contributed by atoms with E-state index in [1.165, 1.54) is 11.1 Å². The number of hydrogen-bond donors (Lipinski definition) is 1. The SMILES string of the molecule is Cc1ccc([C@](O)(C(C)C)[C@H](CN2CCOCC2)c2ccccc2)cc1. The van der Waals surface area contributed by atoms with Gasteiger partial charge in [0.1, 0.15) is 0 Å². The quantitative estimate of drug-likeness (QED) is 0.853. The van der Waals surface area contributed by atoms with Crippen molar-refractivity contribution >= 4 is 0 Å². The molecule has 2 aromatic carbocycles. The van der Waals surface area contributed by atoms with Gasteiger partial charge in [-0.05, 0) is 24.0 Å². The normalized spacial score (nSPS) is 19.3. The molecule has 1 aliphatic heterocycles. The fraction of sp³-hybridized carbons (Fsp3) is 0.478. The van der Waals surface area contributed by atoms with Crippen LogP contribution >= 0.6 is 0 Å². The lowest BCUT2D eigenvalue weighted by atomic mass is 9.70. The summed E-state index contributed by atoms with van der Waals surface area (Å²) in [5.74, 6) is 0.0981. The van der Waals surface area contributed by atoms with Gasteiger partial charge in [-0.25, -0.2) is 0 Å². The van der Waals surface area contributed by atoms with Crippen molar-refractivity contribution in [2.75, 3.05) is 32.8 Å². The smallest absolute Gasteiger partial charge is 0.0999 e. The number of hydrogen-bond acceptors (Lipinski definition) is 3. The van der Waals surface area contributed by atoms with Crippen molar-refractivity contribution in [1.29, 1.82) is 0 Å². The Bertz CT molecular complexity index is 677. The third kappa shape index (κ3) is 4.01. The van der Waals surface area contributed by atoms with Crippen LogP contribution in [0, 0.1) is 12.8 Å². The maximum absolute atomic E-state index is 12.0. The Morgan fingerprint density at radius 3 is 2.19 bits per heavy atom. The minimum absolute atomic E-state index is 0.00417. The highest BCUT2D eigenvalue weighted by Crippen LogP contribution is 2.43. The first kappa shape index (κ1) is 19.1. The van der Waals surface area contributed by atoms with E-state index in [0.29, 0.717) is 0 Å². The van der Waals surface area contributed by atoms with E-state index in [-0.39, 0.29) is 11.8 Å². The molecule has 1 aliphatic rings. The zero-order chi connectivity index (χ0) is 18.6. The van der Waals surface area contributed by atoms with Crippen LogP contribution in [0.1, 0.15) is 36.5 Å². The molecule has 0 aromatic heterocycles. The van der Waals surface area contributed by atoms with Crippen LogP contribution in [0.2, 0.25) is 0 Å². The number of ether oxygens (including phenoxy) is 1. The summed E-state index contributed by atoms with van der Waals surface area (Å²) in [5, 5.41) is 12.0. The van der Waals surface area contributed by atoms with Crippen molar-refractivity contribution in [3.8, 4) is 0 Å². The molecular weight excluding hydrogens is 322 g/mol. The van der Waals surface area contributed by atoms with E-state index in [1.54, 1.807) is 0 Å². The maximum atomic E-state index is 12.0. The molecule has 3 rings (SSSR count). The average Bonchev–Trinajstić information content (AvgIpc) is 2.67. The molecule has 0 amide bonds. The largest absolute Gasteiger partial charge is 0.384 e. The van der Waals surface area contributed by atoms with Crippen molar-refractivity contribution in [1.82, 2.24) is 4.90 Å². The van der Waals surface area contributed by atoms with Crippen LogP contribution in [0.5, 0.6) is 0 Å². The molecular formula is C23H31NO2. The summed E-state index contributed by atoms with van der Waals surface area (Å²) < 4.78 is 5.51. The molecule has 0 radical (unpaired) electrons. The Morgan fingerprint density at radius 1 is 1.00 bits per heavy atom. The topological polar surface area (TPSA) is 32.7 Å². The molecule has 140 valence electrons. The third-order valence-electron chi connectivity index (χ3n) is 5.67. The number of aryl methyl sites for hydroxylation is 1. The van der Waals surface area contributed by atoms with Crippen molar-refractivity contribution in [2.45, 2.75) is 32.3 Å². The molecule has 0 unspecified atom stereocenters. The Balaban J connectivity index is 2.02. The van der Waals surface area contributed by atoms with Crippen LogP contribution in [0.15, 0.2) is 54.6 Å². The minimum Gasteiger partial charge on any atom is -0.384 e. The molecule has 3 nitrogen and oxygen atoms in total. The molecule has 26 heavy (non-hydrogen) atoms. The van der Waals surface area contributed by atoms with Gasteiger partial charge in [0.25, 0.3) is 0 Å². The first-order valence-corrected chi connectivity index (χ1v) is 9.66. The Hall–Kier alpha value is -1.68. The van der Waals surface area contributed by atoms with Crippen molar-refractivity contribution < 1.29 is 9.84 Å². The van der Waals surface area contributed by atoms with Gasteiger partial charge < -0.3 is 9.84 Å². The standard InChI is InChI=1S/C23H31NO2/c1-18(2)23(25,21-11-9-19(3)10-12-21)22(20-7-5-4-6-8-20)17-24-13-15-26-16-14-24/h4-12,18,22,25H,13-17H2,1-3H3/t22-,23-/m1/s1. The van der Waals surface area contributed by atoms with Crippen molar-refractivity contribution in [2.24, 2.45) is 5.92 Å². The van der Waals surface area contributed by atoms with Gasteiger partial charge >= 0.3 is 0 Å². The summed E-state index contributed by atoms with van der Waals surface area (Å²) in [5.41, 5.74) is 2.48. The minimum atomic E-state index is -0.923. The molecule has 0 bridgehead atoms. The summed E-state index contributed by atoms with van der Waals surface area (Å²) in [6.45, 7) is 10.5. The van der Waals surface area contributed by atoms with Crippen molar-refractivity contribution in [3.05, 3.63) is 71.3 Å². The van der Waals surface area contributed by atoms with Gasteiger partial charge in [-0.15, -0.1) is 0 Å². The second-order valence-electron chi connectivity index (χ2n) is 7.72. The number of benzene rings is 2. The summed E-state index contributed by atoms with van der Waals surface area (Å²) in [4.78, 5) is 2.42. The molecule has 1 saturated heterocycles. The lowest BCUT2D eigenvalue weighted by Gasteiger charge is -2.43. The fourth-order valence-electron chi connectivity index (χ4n) is 3.98. The molecule has 2 atom stereocenters. The van der Waals surface area contributed by atoms with Gasteiger partial charge in [-0.2, -0.15) is 0 Å². The molecule has 0 aliphatic carbocycles. The van der Waals surface area contributed by atoms with Gasteiger partial charge in [0.15, 0.2) is 0 Å². The molecule has 2 aromatic rings. The zero-order valence-corrected chi connectivity index (χ0v) is 16.2. The van der Waals surface area contributed by atoms with Gasteiger partial charge in [0, 0.05) is 25.6 Å². The average molecular weight is 354 g/mol. The van der Waals surface area contributed by atoms with E-state index in [2.05, 4.69) is 74.2 Å². The van der Waals surface area contributed by atoms with Gasteiger partial charge in [-0.1, -0.05) is 74.0 Å². The van der Waals surface area contributed by atoms with E-state index in [1.807, 2.05) is 6.07 Å². The van der Waals surface area contributed by atoms with Crippen molar-refractivity contribution in [3.63, 3.8) is 0 Å². The zero-order valence-electron chi connectivity index (χ0n) is 16.2. The van der Waals surface area contributed by atoms with E-state index in [9.17, 15) is 5.11 Å². The van der Waals surface area contributed by atoms with Crippen LogP contribution in [0.4, 0.5) is 0 Å². The Kier molecular flexibility index (Phi) is 6.13. The van der Waals surface area contributed by atoms with Crippen LogP contribution < -0.4 is 0 Å². The van der Waals surface area contributed by atoms with E-state index < -0.39 is 5.60 Å². The highest BCUT2D eigenvalue weighted by atomic mass is 16.5. The predicted octanol–water partition coefficient (Wildman–Crippen LogP) is 3.95. The highest BCUT2D eigenvalue weighted by Gasteiger charge is 2.43. The number of rotatable bonds is 6. The summed E-state index contributed by atoms with van der Waals surface area (Å²) in [6, 6.07) is 18.8. The monoisotopic (exact) mass is 353 g/mol. The molecule has 1 N–H and O–H groups in total. The van der Waals surface area contributed by atoms with Crippen LogP contribution in [0.25, 0.3) is 0 Å². The number of aliphatic hydroxyl groups is 1. The van der Waals surface area contributed by atoms with Crippen LogP contribution in [-0.2, 0) is 10.3 Å². The van der Waals surface area contributed by atoms with Crippen LogP contribution in [-0.4, -0.2) is 42.9 Å². The molecule has 3 heteroatoms. The second kappa shape index (κ2) is 8.34. The van der Waals surface area contributed by atoms with E-state index in [4.69, 9.17) is 4.74 Å². The lowest BCUT2D eigenvalue weighted by molar-refractivity contribution is -0.0547.